The van der Waals surface area contributed by atoms with Crippen LogP contribution >= 0.6 is 0 Å². The molecular formula is C52H98N4O6. The Kier molecular flexibility index (Phi) is 40.6. The number of aromatic amines is 1. The van der Waals surface area contributed by atoms with E-state index in [1.54, 1.807) is 12.3 Å². The average molecular weight is 875 g/mol. The summed E-state index contributed by atoms with van der Waals surface area (Å²) >= 11 is 0. The zero-order valence-corrected chi connectivity index (χ0v) is 40.7. The average Bonchev–Trinajstić information content (AvgIpc) is 3.81. The Labute approximate surface area is 381 Å². The van der Waals surface area contributed by atoms with Crippen LogP contribution in [0.1, 0.15) is 262 Å². The number of nitrogens with one attached hydrogen (secondary N) is 2. The Morgan fingerprint density at radius 3 is 1.61 bits per heavy atom. The Bertz CT molecular complexity index is 1120. The minimum atomic E-state index is -0.425. The first-order valence-electron chi connectivity index (χ1n) is 26.4. The molecule has 62 heavy (non-hydrogen) atoms. The third kappa shape index (κ3) is 37.0. The smallest absolute Gasteiger partial charge is 0.306 e. The highest BCUT2D eigenvalue weighted by Crippen LogP contribution is 2.19. The molecule has 0 saturated heterocycles. The maximum Gasteiger partial charge on any atom is 0.306 e. The summed E-state index contributed by atoms with van der Waals surface area (Å²) in [6.45, 7) is 10.3. The minimum Gasteiger partial charge on any atom is -0.466 e. The van der Waals surface area contributed by atoms with Gasteiger partial charge in [0.25, 0.3) is 5.91 Å². The standard InChI is InChI=1S/C52H98N4O6/c1-4-7-10-13-16-17-18-24-34-45-61-50(58)38-29-25-33-44-56(46-47(57)35-30-31-41-53-52(60)49-40-42-54-55-49)43-32-23-19-22-28-39-51(59)62-48(36-26-20-14-11-8-5-2)37-27-21-15-12-9-6-3/h40,42,47-48,57H,4-39,41,43-46H2,1-3H3,(H,53,60)(H,54,55). The number of nitrogens with zero attached hydrogens (tertiary/aromatic N) is 2. The molecule has 1 aromatic rings. The number of H-pyrrole nitrogens is 1. The summed E-state index contributed by atoms with van der Waals surface area (Å²) in [5.74, 6) is -0.251. The molecule has 1 rings (SSSR count). The molecule has 0 radical (unpaired) electrons. The number of carbonyl (C=O) groups excluding carboxylic acids is 3. The minimum absolute atomic E-state index is 0.0145. The van der Waals surface area contributed by atoms with Crippen LogP contribution in [-0.2, 0) is 19.1 Å². The van der Waals surface area contributed by atoms with Crippen LogP contribution in [0.15, 0.2) is 12.3 Å². The van der Waals surface area contributed by atoms with E-state index >= 15 is 0 Å². The summed E-state index contributed by atoms with van der Waals surface area (Å²) in [6, 6.07) is 1.65. The lowest BCUT2D eigenvalue weighted by atomic mass is 10.0. The van der Waals surface area contributed by atoms with Gasteiger partial charge in [0, 0.05) is 32.1 Å². The summed E-state index contributed by atoms with van der Waals surface area (Å²) in [7, 11) is 0. The highest BCUT2D eigenvalue weighted by atomic mass is 16.5. The van der Waals surface area contributed by atoms with Gasteiger partial charge in [0.2, 0.25) is 0 Å². The van der Waals surface area contributed by atoms with Gasteiger partial charge < -0.3 is 24.8 Å². The summed E-state index contributed by atoms with van der Waals surface area (Å²) in [6.07, 6.45) is 40.9. The fourth-order valence-corrected chi connectivity index (χ4v) is 8.27. The number of ether oxygens (including phenoxy) is 2. The second kappa shape index (κ2) is 43.8. The molecule has 0 saturated carbocycles. The summed E-state index contributed by atoms with van der Waals surface area (Å²) < 4.78 is 11.6. The summed E-state index contributed by atoms with van der Waals surface area (Å²) in [5.41, 5.74) is 0.454. The second-order valence-corrected chi connectivity index (χ2v) is 18.3. The zero-order valence-electron chi connectivity index (χ0n) is 40.7. The summed E-state index contributed by atoms with van der Waals surface area (Å²) in [5, 5.41) is 20.4. The fourth-order valence-electron chi connectivity index (χ4n) is 8.27. The van der Waals surface area contributed by atoms with Gasteiger partial charge in [-0.05, 0) is 96.2 Å². The van der Waals surface area contributed by atoms with Gasteiger partial charge in [-0.1, -0.05) is 162 Å². The van der Waals surface area contributed by atoms with Gasteiger partial charge in [-0.15, -0.1) is 0 Å². The van der Waals surface area contributed by atoms with E-state index in [1.165, 1.54) is 109 Å². The van der Waals surface area contributed by atoms with Crippen LogP contribution in [0.4, 0.5) is 0 Å². The molecule has 0 aliphatic heterocycles. The molecule has 0 aliphatic rings. The van der Waals surface area contributed by atoms with Crippen molar-refractivity contribution in [3.05, 3.63) is 18.0 Å². The first kappa shape index (κ1) is 57.6. The molecule has 0 spiro atoms. The second-order valence-electron chi connectivity index (χ2n) is 18.3. The van der Waals surface area contributed by atoms with E-state index in [-0.39, 0.29) is 23.9 Å². The van der Waals surface area contributed by atoms with Crippen molar-refractivity contribution >= 4 is 17.8 Å². The monoisotopic (exact) mass is 875 g/mol. The Hall–Kier alpha value is -2.46. The lowest BCUT2D eigenvalue weighted by Crippen LogP contribution is -2.34. The number of amides is 1. The molecule has 0 aliphatic carbocycles. The molecular weight excluding hydrogens is 777 g/mol. The molecule has 1 atom stereocenters. The van der Waals surface area contributed by atoms with Gasteiger partial charge >= 0.3 is 11.9 Å². The number of hydrogen-bond acceptors (Lipinski definition) is 8. The topological polar surface area (TPSA) is 134 Å². The third-order valence-corrected chi connectivity index (χ3v) is 12.2. The summed E-state index contributed by atoms with van der Waals surface area (Å²) in [4.78, 5) is 39.7. The number of aliphatic hydroxyl groups is 1. The van der Waals surface area contributed by atoms with E-state index in [2.05, 4.69) is 41.2 Å². The van der Waals surface area contributed by atoms with Gasteiger partial charge in [-0.25, -0.2) is 0 Å². The first-order valence-corrected chi connectivity index (χ1v) is 26.4. The molecule has 3 N–H and O–H groups in total. The van der Waals surface area contributed by atoms with Crippen LogP contribution in [0.3, 0.4) is 0 Å². The van der Waals surface area contributed by atoms with E-state index in [4.69, 9.17) is 9.47 Å². The number of rotatable bonds is 47. The molecule has 1 amide bonds. The van der Waals surface area contributed by atoms with Gasteiger partial charge in [-0.2, -0.15) is 5.10 Å². The number of aliphatic hydroxyl groups excluding tert-OH is 1. The van der Waals surface area contributed by atoms with E-state index in [9.17, 15) is 19.5 Å². The Morgan fingerprint density at radius 2 is 1.06 bits per heavy atom. The maximum absolute atomic E-state index is 12.9. The van der Waals surface area contributed by atoms with Gasteiger partial charge in [0.1, 0.15) is 11.8 Å². The van der Waals surface area contributed by atoms with Gasteiger partial charge in [0.15, 0.2) is 0 Å². The fraction of sp³-hybridized carbons (Fsp3) is 0.885. The number of aromatic nitrogens is 2. The number of esters is 2. The van der Waals surface area contributed by atoms with Crippen molar-refractivity contribution in [3.63, 3.8) is 0 Å². The normalized spacial score (nSPS) is 12.0. The lowest BCUT2D eigenvalue weighted by molar-refractivity contribution is -0.150. The number of hydrogen-bond donors (Lipinski definition) is 3. The van der Waals surface area contributed by atoms with Crippen molar-refractivity contribution in [2.24, 2.45) is 0 Å². The van der Waals surface area contributed by atoms with E-state index in [1.807, 2.05) is 0 Å². The van der Waals surface area contributed by atoms with Crippen LogP contribution in [0, 0.1) is 0 Å². The number of unbranched alkanes of at least 4 members (excludes halogenated alkanes) is 25. The quantitative estimate of drug-likeness (QED) is 0.0435. The largest absolute Gasteiger partial charge is 0.466 e. The van der Waals surface area contributed by atoms with Crippen molar-refractivity contribution in [1.82, 2.24) is 20.4 Å². The van der Waals surface area contributed by atoms with E-state index in [0.29, 0.717) is 44.7 Å². The van der Waals surface area contributed by atoms with Crippen molar-refractivity contribution < 1.29 is 29.0 Å². The van der Waals surface area contributed by atoms with Gasteiger partial charge in [0.05, 0.1) is 12.7 Å². The van der Waals surface area contributed by atoms with Crippen molar-refractivity contribution in [1.29, 1.82) is 0 Å². The predicted molar refractivity (Wildman–Crippen MR) is 257 cm³/mol. The van der Waals surface area contributed by atoms with Crippen molar-refractivity contribution in [2.45, 2.75) is 264 Å². The van der Waals surface area contributed by atoms with Crippen LogP contribution < -0.4 is 5.32 Å². The molecule has 10 heteroatoms. The van der Waals surface area contributed by atoms with Gasteiger partial charge in [-0.3, -0.25) is 19.5 Å². The van der Waals surface area contributed by atoms with Crippen LogP contribution in [0.5, 0.6) is 0 Å². The Morgan fingerprint density at radius 1 is 0.597 bits per heavy atom. The third-order valence-electron chi connectivity index (χ3n) is 12.2. The van der Waals surface area contributed by atoms with Crippen molar-refractivity contribution in [2.75, 3.05) is 32.8 Å². The molecule has 1 unspecified atom stereocenters. The maximum atomic E-state index is 12.9. The number of carbonyl (C=O) groups is 3. The molecule has 0 aromatic carbocycles. The van der Waals surface area contributed by atoms with Crippen LogP contribution in [0.2, 0.25) is 0 Å². The van der Waals surface area contributed by atoms with E-state index < -0.39 is 6.10 Å². The predicted octanol–water partition coefficient (Wildman–Crippen LogP) is 13.4. The SMILES string of the molecule is CCCCCCCCCCCOC(=O)CCCCCN(CCCCCCCC(=O)OC(CCCCCCCC)CCCCCCCC)CC(O)CCCCNC(=O)c1ccn[nH]1. The molecule has 10 nitrogen and oxygen atoms in total. The lowest BCUT2D eigenvalue weighted by Gasteiger charge is -2.25. The van der Waals surface area contributed by atoms with Crippen LogP contribution in [0.25, 0.3) is 0 Å². The molecule has 1 heterocycles. The molecule has 1 aromatic heterocycles. The highest BCUT2D eigenvalue weighted by molar-refractivity contribution is 5.92. The van der Waals surface area contributed by atoms with Crippen LogP contribution in [-0.4, -0.2) is 83.0 Å². The molecule has 0 fully saturated rings. The molecule has 0 bridgehead atoms. The first-order chi connectivity index (χ1) is 30.4. The Balaban J connectivity index is 2.39. The van der Waals surface area contributed by atoms with E-state index in [0.717, 1.165) is 116 Å². The molecule has 362 valence electrons. The highest BCUT2D eigenvalue weighted by Gasteiger charge is 2.16. The zero-order chi connectivity index (χ0) is 45.0. The van der Waals surface area contributed by atoms with Crippen molar-refractivity contribution in [3.8, 4) is 0 Å².